The quantitative estimate of drug-likeness (QED) is 0.381. The lowest BCUT2D eigenvalue weighted by Crippen LogP contribution is -2.33. The minimum Gasteiger partial charge on any atom is -0.394 e. The highest BCUT2D eigenvalue weighted by atomic mass is 16.6. The number of fused-ring (bicyclic) bond motifs is 1. The van der Waals surface area contributed by atoms with Crippen LogP contribution in [0.3, 0.4) is 0 Å². The summed E-state index contributed by atoms with van der Waals surface area (Å²) in [6, 6.07) is 9.05. The molecule has 10 heteroatoms. The summed E-state index contributed by atoms with van der Waals surface area (Å²) in [4.78, 5) is 12.8. The highest BCUT2D eigenvalue weighted by molar-refractivity contribution is 5.83. The summed E-state index contributed by atoms with van der Waals surface area (Å²) in [6.07, 6.45) is -1.53. The molecule has 0 amide bonds. The second-order valence-corrected chi connectivity index (χ2v) is 6.57. The van der Waals surface area contributed by atoms with Crippen molar-refractivity contribution in [3.05, 3.63) is 48.5 Å². The van der Waals surface area contributed by atoms with Crippen molar-refractivity contribution in [2.75, 3.05) is 18.5 Å². The molecule has 28 heavy (non-hydrogen) atoms. The van der Waals surface area contributed by atoms with E-state index < -0.39 is 37.2 Å². The van der Waals surface area contributed by atoms with Crippen LogP contribution in [-0.2, 0) is 4.74 Å². The van der Waals surface area contributed by atoms with Crippen LogP contribution in [0.5, 0.6) is 0 Å². The standard InChI is InChI=1S/C18H21N5O5/c24-6-11(10-4-2-1-3-5-10)22-16-13-17(20-8-19-16)23(9-21-13)18-15(27)14(26)12(7-25)28-18/h1-5,8-9,11-12,14-15,18,24-27H,6-7H2,(H,19,20,22)/t11-,12+,14+,15+,18+/m0/s1. The molecule has 10 nitrogen and oxygen atoms in total. The number of rotatable bonds is 6. The van der Waals surface area contributed by atoms with E-state index >= 15 is 0 Å². The second kappa shape index (κ2) is 7.78. The van der Waals surface area contributed by atoms with Gasteiger partial charge >= 0.3 is 0 Å². The summed E-state index contributed by atoms with van der Waals surface area (Å²) in [5, 5.41) is 42.5. The van der Waals surface area contributed by atoms with Crippen molar-refractivity contribution < 1.29 is 25.2 Å². The number of benzene rings is 1. The van der Waals surface area contributed by atoms with Gasteiger partial charge in [-0.25, -0.2) is 15.0 Å². The fraction of sp³-hybridized carbons (Fsp3) is 0.389. The molecule has 0 radical (unpaired) electrons. The van der Waals surface area contributed by atoms with E-state index in [4.69, 9.17) is 4.74 Å². The first-order chi connectivity index (χ1) is 13.6. The molecule has 1 saturated heterocycles. The zero-order chi connectivity index (χ0) is 19.7. The Morgan fingerprint density at radius 3 is 2.54 bits per heavy atom. The van der Waals surface area contributed by atoms with E-state index in [9.17, 15) is 20.4 Å². The van der Waals surface area contributed by atoms with Crippen molar-refractivity contribution in [1.29, 1.82) is 0 Å². The number of ether oxygens (including phenoxy) is 1. The van der Waals surface area contributed by atoms with Gasteiger partial charge in [-0.15, -0.1) is 0 Å². The average molecular weight is 387 g/mol. The Bertz CT molecular complexity index is 937. The third-order valence-electron chi connectivity index (χ3n) is 4.85. The first-order valence-electron chi connectivity index (χ1n) is 8.86. The number of anilines is 1. The van der Waals surface area contributed by atoms with Crippen LogP contribution in [0.25, 0.3) is 11.2 Å². The minimum absolute atomic E-state index is 0.148. The van der Waals surface area contributed by atoms with Gasteiger partial charge in [-0.3, -0.25) is 4.57 Å². The number of hydrogen-bond acceptors (Lipinski definition) is 9. The van der Waals surface area contributed by atoms with E-state index in [1.165, 1.54) is 17.2 Å². The molecule has 3 heterocycles. The van der Waals surface area contributed by atoms with Crippen LogP contribution in [0.15, 0.2) is 43.0 Å². The van der Waals surface area contributed by atoms with Crippen LogP contribution >= 0.6 is 0 Å². The van der Waals surface area contributed by atoms with Crippen LogP contribution in [0, 0.1) is 0 Å². The molecular formula is C18H21N5O5. The first kappa shape index (κ1) is 18.7. The Hall–Kier alpha value is -2.63. The van der Waals surface area contributed by atoms with Gasteiger partial charge in [0.15, 0.2) is 23.2 Å². The second-order valence-electron chi connectivity index (χ2n) is 6.57. The summed E-state index contributed by atoms with van der Waals surface area (Å²) >= 11 is 0. The van der Waals surface area contributed by atoms with Crippen molar-refractivity contribution in [1.82, 2.24) is 19.5 Å². The maximum Gasteiger partial charge on any atom is 0.167 e. The smallest absolute Gasteiger partial charge is 0.167 e. The molecule has 0 spiro atoms. The highest BCUT2D eigenvalue weighted by Crippen LogP contribution is 2.32. The van der Waals surface area contributed by atoms with Crippen molar-refractivity contribution in [3.63, 3.8) is 0 Å². The number of imidazole rings is 1. The summed E-state index contributed by atoms with van der Waals surface area (Å²) in [7, 11) is 0. The minimum atomic E-state index is -1.24. The molecule has 1 aliphatic heterocycles. The molecule has 0 bridgehead atoms. The van der Waals surface area contributed by atoms with E-state index in [0.717, 1.165) is 5.56 Å². The molecule has 1 aromatic carbocycles. The van der Waals surface area contributed by atoms with Gasteiger partial charge in [0.05, 0.1) is 25.6 Å². The van der Waals surface area contributed by atoms with Gasteiger partial charge in [0.25, 0.3) is 0 Å². The predicted octanol–water partition coefficient (Wildman–Crippen LogP) is -0.417. The average Bonchev–Trinajstić information content (AvgIpc) is 3.28. The molecule has 0 aliphatic carbocycles. The maximum absolute atomic E-state index is 10.3. The molecule has 1 fully saturated rings. The molecule has 4 rings (SSSR count). The van der Waals surface area contributed by atoms with Gasteiger partial charge in [0.1, 0.15) is 24.6 Å². The van der Waals surface area contributed by atoms with E-state index in [2.05, 4.69) is 20.3 Å². The Morgan fingerprint density at radius 2 is 1.86 bits per heavy atom. The number of nitrogens with one attached hydrogen (secondary N) is 1. The summed E-state index contributed by atoms with van der Waals surface area (Å²) < 4.78 is 7.04. The van der Waals surface area contributed by atoms with Crippen molar-refractivity contribution >= 4 is 17.0 Å². The van der Waals surface area contributed by atoms with Crippen LogP contribution in [0.1, 0.15) is 17.8 Å². The third kappa shape index (κ3) is 3.21. The third-order valence-corrected chi connectivity index (χ3v) is 4.85. The van der Waals surface area contributed by atoms with Gasteiger partial charge in [0.2, 0.25) is 0 Å². The summed E-state index contributed by atoms with van der Waals surface area (Å²) in [5.41, 5.74) is 1.70. The summed E-state index contributed by atoms with van der Waals surface area (Å²) in [6.45, 7) is -0.566. The lowest BCUT2D eigenvalue weighted by Gasteiger charge is -2.18. The number of hydrogen-bond donors (Lipinski definition) is 5. The zero-order valence-corrected chi connectivity index (χ0v) is 14.8. The largest absolute Gasteiger partial charge is 0.394 e. The Kier molecular flexibility index (Phi) is 5.20. The molecule has 0 unspecified atom stereocenters. The van der Waals surface area contributed by atoms with Crippen molar-refractivity contribution in [2.45, 2.75) is 30.6 Å². The number of aliphatic hydroxyl groups excluding tert-OH is 4. The number of aromatic nitrogens is 4. The Morgan fingerprint density at radius 1 is 1.07 bits per heavy atom. The van der Waals surface area contributed by atoms with Gasteiger partial charge in [-0.2, -0.15) is 0 Å². The van der Waals surface area contributed by atoms with E-state index in [0.29, 0.717) is 17.0 Å². The molecule has 0 saturated carbocycles. The summed E-state index contributed by atoms with van der Waals surface area (Å²) in [5.74, 6) is 0.415. The fourth-order valence-electron chi connectivity index (χ4n) is 3.34. The van der Waals surface area contributed by atoms with Crippen molar-refractivity contribution in [2.24, 2.45) is 0 Å². The molecule has 148 valence electrons. The number of aliphatic hydroxyl groups is 4. The Labute approximate surface area is 160 Å². The molecule has 1 aliphatic rings. The SMILES string of the molecule is OC[C@H](Nc1ncnc2c1ncn2[C@@H]1O[C@H](CO)[C@@H](O)[C@H]1O)c1ccccc1. The zero-order valence-electron chi connectivity index (χ0n) is 14.8. The van der Waals surface area contributed by atoms with E-state index in [1.807, 2.05) is 30.3 Å². The predicted molar refractivity (Wildman–Crippen MR) is 98.2 cm³/mol. The van der Waals surface area contributed by atoms with E-state index in [-0.39, 0.29) is 6.61 Å². The molecule has 5 N–H and O–H groups in total. The normalized spacial score (nSPS) is 25.9. The first-order valence-corrected chi connectivity index (χ1v) is 8.86. The molecule has 3 aromatic rings. The highest BCUT2D eigenvalue weighted by Gasteiger charge is 2.44. The Balaban J connectivity index is 1.66. The molecular weight excluding hydrogens is 366 g/mol. The van der Waals surface area contributed by atoms with Gasteiger partial charge in [0, 0.05) is 0 Å². The van der Waals surface area contributed by atoms with E-state index in [1.54, 1.807) is 0 Å². The van der Waals surface area contributed by atoms with Crippen LogP contribution < -0.4 is 5.32 Å². The van der Waals surface area contributed by atoms with Gasteiger partial charge < -0.3 is 30.5 Å². The lowest BCUT2D eigenvalue weighted by molar-refractivity contribution is -0.0511. The van der Waals surface area contributed by atoms with Crippen LogP contribution in [0.4, 0.5) is 5.82 Å². The molecule has 5 atom stereocenters. The van der Waals surface area contributed by atoms with Gasteiger partial charge in [-0.05, 0) is 5.56 Å². The maximum atomic E-state index is 10.3. The topological polar surface area (TPSA) is 146 Å². The van der Waals surface area contributed by atoms with Gasteiger partial charge in [-0.1, -0.05) is 30.3 Å². The van der Waals surface area contributed by atoms with Crippen molar-refractivity contribution in [3.8, 4) is 0 Å². The fourth-order valence-corrected chi connectivity index (χ4v) is 3.34. The number of nitrogens with zero attached hydrogens (tertiary/aromatic N) is 4. The van der Waals surface area contributed by atoms with Crippen LogP contribution in [-0.4, -0.2) is 71.5 Å². The lowest BCUT2D eigenvalue weighted by atomic mass is 10.1. The van der Waals surface area contributed by atoms with Crippen LogP contribution in [0.2, 0.25) is 0 Å². The molecule has 2 aromatic heterocycles. The monoisotopic (exact) mass is 387 g/mol.